The lowest BCUT2D eigenvalue weighted by Crippen LogP contribution is -2.13. The molecule has 0 aliphatic heterocycles. The fraction of sp³-hybridized carbons (Fsp3) is 0.125. The Bertz CT molecular complexity index is 996. The van der Waals surface area contributed by atoms with E-state index in [4.69, 9.17) is 0 Å². The molecule has 0 spiro atoms. The van der Waals surface area contributed by atoms with E-state index in [9.17, 15) is 0 Å². The maximum absolute atomic E-state index is 4.33. The van der Waals surface area contributed by atoms with Gasteiger partial charge in [0.25, 0.3) is 0 Å². The Hall–Kier alpha value is -2.69. The molecular weight excluding hydrogens is 410 g/mol. The molecule has 0 aliphatic rings. The van der Waals surface area contributed by atoms with E-state index >= 15 is 0 Å². The fourth-order valence-corrected chi connectivity index (χ4v) is 3.19. The molecular formula is C24H24BrN3. The van der Waals surface area contributed by atoms with Crippen molar-refractivity contribution in [3.05, 3.63) is 108 Å². The summed E-state index contributed by atoms with van der Waals surface area (Å²) in [6.07, 6.45) is 1.83. The minimum atomic E-state index is 0. The third-order valence-corrected chi connectivity index (χ3v) is 4.66. The number of nitrogens with zero attached hydrogens (tertiary/aromatic N) is 1. The van der Waals surface area contributed by atoms with Crippen molar-refractivity contribution in [2.45, 2.75) is 19.6 Å². The highest BCUT2D eigenvalue weighted by atomic mass is 79.9. The Kier molecular flexibility index (Phi) is 7.18. The first kappa shape index (κ1) is 20.1. The van der Waals surface area contributed by atoms with Crippen molar-refractivity contribution in [2.24, 2.45) is 0 Å². The minimum absolute atomic E-state index is 0. The van der Waals surface area contributed by atoms with Crippen molar-refractivity contribution in [2.75, 3.05) is 5.32 Å². The van der Waals surface area contributed by atoms with E-state index < -0.39 is 0 Å². The summed E-state index contributed by atoms with van der Waals surface area (Å²) >= 11 is 0. The first-order valence-corrected chi connectivity index (χ1v) is 9.28. The van der Waals surface area contributed by atoms with E-state index in [-0.39, 0.29) is 17.0 Å². The van der Waals surface area contributed by atoms with Gasteiger partial charge in [0.15, 0.2) is 0 Å². The van der Waals surface area contributed by atoms with Gasteiger partial charge in [-0.2, -0.15) is 0 Å². The van der Waals surface area contributed by atoms with E-state index in [2.05, 4.69) is 82.3 Å². The molecule has 4 rings (SSSR count). The molecule has 3 nitrogen and oxygen atoms in total. The average molecular weight is 434 g/mol. The first-order valence-electron chi connectivity index (χ1n) is 9.28. The number of pyridine rings is 1. The number of hydrogen-bond donors (Lipinski definition) is 2. The van der Waals surface area contributed by atoms with Crippen molar-refractivity contribution in [1.82, 2.24) is 10.3 Å². The van der Waals surface area contributed by atoms with Crippen molar-refractivity contribution in [3.63, 3.8) is 0 Å². The van der Waals surface area contributed by atoms with Crippen LogP contribution in [0.3, 0.4) is 0 Å². The Morgan fingerprint density at radius 1 is 0.643 bits per heavy atom. The van der Waals surface area contributed by atoms with Gasteiger partial charge in [-0.05, 0) is 34.7 Å². The maximum Gasteiger partial charge on any atom is 0.0541 e. The molecule has 0 saturated carbocycles. The summed E-state index contributed by atoms with van der Waals surface area (Å²) in [4.78, 5) is 4.33. The van der Waals surface area contributed by atoms with Crippen LogP contribution in [0.1, 0.15) is 16.8 Å². The van der Waals surface area contributed by atoms with Gasteiger partial charge >= 0.3 is 0 Å². The molecule has 4 heteroatoms. The van der Waals surface area contributed by atoms with Crippen LogP contribution >= 0.6 is 17.0 Å². The highest BCUT2D eigenvalue weighted by Crippen LogP contribution is 2.23. The third-order valence-electron chi connectivity index (χ3n) is 4.66. The zero-order chi connectivity index (χ0) is 18.3. The summed E-state index contributed by atoms with van der Waals surface area (Å²) in [5, 5.41) is 9.52. The van der Waals surface area contributed by atoms with E-state index in [1.165, 1.54) is 27.6 Å². The highest BCUT2D eigenvalue weighted by molar-refractivity contribution is 8.93. The van der Waals surface area contributed by atoms with Crippen LogP contribution in [0.15, 0.2) is 91.1 Å². The Labute approximate surface area is 176 Å². The second-order valence-corrected chi connectivity index (χ2v) is 6.62. The number of rotatable bonds is 7. The van der Waals surface area contributed by atoms with Gasteiger partial charge in [-0.25, -0.2) is 0 Å². The molecule has 0 radical (unpaired) electrons. The van der Waals surface area contributed by atoms with Crippen LogP contribution in [0.25, 0.3) is 10.8 Å². The lowest BCUT2D eigenvalue weighted by molar-refractivity contribution is 0.679. The van der Waals surface area contributed by atoms with Crippen LogP contribution in [0.4, 0.5) is 5.69 Å². The SMILES string of the molecule is Br.c1ccc(CNCc2ccc(CNc3cccc4ccccc34)cc2)nc1. The zero-order valence-corrected chi connectivity index (χ0v) is 17.4. The Morgan fingerprint density at radius 2 is 1.36 bits per heavy atom. The zero-order valence-electron chi connectivity index (χ0n) is 15.6. The van der Waals surface area contributed by atoms with Crippen LogP contribution in [0.5, 0.6) is 0 Å². The number of hydrogen-bond acceptors (Lipinski definition) is 3. The van der Waals surface area contributed by atoms with Gasteiger partial charge in [-0.15, -0.1) is 17.0 Å². The van der Waals surface area contributed by atoms with Crippen molar-refractivity contribution < 1.29 is 0 Å². The molecule has 142 valence electrons. The number of anilines is 1. The number of halogens is 1. The molecule has 0 atom stereocenters. The summed E-state index contributed by atoms with van der Waals surface area (Å²) in [6.45, 7) is 2.44. The predicted octanol–water partition coefficient (Wildman–Crippen LogP) is 5.71. The van der Waals surface area contributed by atoms with Gasteiger partial charge in [0.1, 0.15) is 0 Å². The molecule has 0 fully saturated rings. The van der Waals surface area contributed by atoms with Gasteiger partial charge < -0.3 is 10.6 Å². The lowest BCUT2D eigenvalue weighted by atomic mass is 10.1. The van der Waals surface area contributed by atoms with Crippen LogP contribution in [0.2, 0.25) is 0 Å². The van der Waals surface area contributed by atoms with Crippen molar-refractivity contribution in [3.8, 4) is 0 Å². The van der Waals surface area contributed by atoms with E-state index in [0.717, 1.165) is 25.3 Å². The van der Waals surface area contributed by atoms with Crippen LogP contribution in [0, 0.1) is 0 Å². The standard InChI is InChI=1S/C24H23N3.BrH/c1-2-9-23-21(6-1)7-5-10-24(23)27-17-20-13-11-19(12-14-20)16-25-18-22-8-3-4-15-26-22;/h1-15,25,27H,16-18H2;1H. The van der Waals surface area contributed by atoms with E-state index in [1.807, 2.05) is 24.4 Å². The fourth-order valence-electron chi connectivity index (χ4n) is 3.19. The van der Waals surface area contributed by atoms with Gasteiger partial charge in [0.05, 0.1) is 5.69 Å². The van der Waals surface area contributed by atoms with Crippen molar-refractivity contribution in [1.29, 1.82) is 0 Å². The van der Waals surface area contributed by atoms with Gasteiger partial charge in [0.2, 0.25) is 0 Å². The normalized spacial score (nSPS) is 10.4. The molecule has 0 aliphatic carbocycles. The summed E-state index contributed by atoms with van der Waals surface area (Å²) in [7, 11) is 0. The molecule has 2 N–H and O–H groups in total. The summed E-state index contributed by atoms with van der Waals surface area (Å²) in [5.74, 6) is 0. The van der Waals surface area contributed by atoms with Gasteiger partial charge in [-0.3, -0.25) is 4.98 Å². The molecule has 4 aromatic rings. The van der Waals surface area contributed by atoms with E-state index in [0.29, 0.717) is 0 Å². The monoisotopic (exact) mass is 433 g/mol. The highest BCUT2D eigenvalue weighted by Gasteiger charge is 2.01. The summed E-state index contributed by atoms with van der Waals surface area (Å²) in [6, 6.07) is 29.6. The number of fused-ring (bicyclic) bond motifs is 1. The van der Waals surface area contributed by atoms with Crippen molar-refractivity contribution >= 4 is 33.4 Å². The molecule has 1 aromatic heterocycles. The predicted molar refractivity (Wildman–Crippen MR) is 123 cm³/mol. The largest absolute Gasteiger partial charge is 0.380 e. The molecule has 28 heavy (non-hydrogen) atoms. The number of nitrogens with one attached hydrogen (secondary N) is 2. The quantitative estimate of drug-likeness (QED) is 0.391. The average Bonchev–Trinajstić information content (AvgIpc) is 2.74. The first-order chi connectivity index (χ1) is 13.4. The number of aromatic nitrogens is 1. The molecule has 3 aromatic carbocycles. The summed E-state index contributed by atoms with van der Waals surface area (Å²) in [5.41, 5.74) is 4.79. The van der Waals surface area contributed by atoms with Gasteiger partial charge in [0, 0.05) is 36.9 Å². The molecule has 0 amide bonds. The molecule has 0 saturated heterocycles. The lowest BCUT2D eigenvalue weighted by Gasteiger charge is -2.11. The molecule has 0 unspecified atom stereocenters. The summed E-state index contributed by atoms with van der Waals surface area (Å²) < 4.78 is 0. The number of benzene rings is 3. The Balaban J connectivity index is 0.00000225. The Morgan fingerprint density at radius 3 is 2.14 bits per heavy atom. The van der Waals surface area contributed by atoms with E-state index in [1.54, 1.807) is 0 Å². The molecule has 0 bridgehead atoms. The second kappa shape index (κ2) is 10.0. The molecule has 1 heterocycles. The second-order valence-electron chi connectivity index (χ2n) is 6.62. The topological polar surface area (TPSA) is 37.0 Å². The van der Waals surface area contributed by atoms with Gasteiger partial charge in [-0.1, -0.05) is 66.7 Å². The van der Waals surface area contributed by atoms with Crippen LogP contribution < -0.4 is 10.6 Å². The van der Waals surface area contributed by atoms with Crippen LogP contribution in [-0.2, 0) is 19.6 Å². The maximum atomic E-state index is 4.33. The third kappa shape index (κ3) is 5.18. The smallest absolute Gasteiger partial charge is 0.0541 e. The van der Waals surface area contributed by atoms with Crippen LogP contribution in [-0.4, -0.2) is 4.98 Å². The minimum Gasteiger partial charge on any atom is -0.380 e.